The SMILES string of the molecule is Cc1nnc(NC(=O)c2nc(C(C)C)ncc2NN)s1. The van der Waals surface area contributed by atoms with Crippen LogP contribution in [-0.4, -0.2) is 26.1 Å². The van der Waals surface area contributed by atoms with Gasteiger partial charge in [-0.2, -0.15) is 0 Å². The molecular formula is C11H15N7OS. The molecule has 2 rings (SSSR count). The second-order valence-corrected chi connectivity index (χ2v) is 5.55. The number of hydrogen-bond donors (Lipinski definition) is 3. The highest BCUT2D eigenvalue weighted by atomic mass is 32.1. The summed E-state index contributed by atoms with van der Waals surface area (Å²) >= 11 is 1.29. The minimum absolute atomic E-state index is 0.108. The summed E-state index contributed by atoms with van der Waals surface area (Å²) in [5, 5.41) is 11.5. The third-order valence-corrected chi connectivity index (χ3v) is 3.19. The van der Waals surface area contributed by atoms with Crippen LogP contribution in [0.4, 0.5) is 10.8 Å². The zero-order valence-corrected chi connectivity index (χ0v) is 12.2. The van der Waals surface area contributed by atoms with Crippen molar-refractivity contribution in [3.8, 4) is 0 Å². The van der Waals surface area contributed by atoms with Crippen molar-refractivity contribution in [1.29, 1.82) is 0 Å². The fourth-order valence-electron chi connectivity index (χ4n) is 1.46. The van der Waals surface area contributed by atoms with Gasteiger partial charge >= 0.3 is 0 Å². The first-order chi connectivity index (χ1) is 9.51. The lowest BCUT2D eigenvalue weighted by Crippen LogP contribution is -2.20. The molecule has 0 aliphatic rings. The van der Waals surface area contributed by atoms with Gasteiger partial charge in [0, 0.05) is 5.92 Å². The third kappa shape index (κ3) is 3.06. The van der Waals surface area contributed by atoms with Crippen molar-refractivity contribution in [3.63, 3.8) is 0 Å². The van der Waals surface area contributed by atoms with E-state index in [0.29, 0.717) is 16.6 Å². The lowest BCUT2D eigenvalue weighted by Gasteiger charge is -2.10. The van der Waals surface area contributed by atoms with Crippen molar-refractivity contribution >= 4 is 28.1 Å². The monoisotopic (exact) mass is 293 g/mol. The Balaban J connectivity index is 2.29. The second kappa shape index (κ2) is 5.88. The predicted molar refractivity (Wildman–Crippen MR) is 76.5 cm³/mol. The molecule has 20 heavy (non-hydrogen) atoms. The van der Waals surface area contributed by atoms with Crippen molar-refractivity contribution < 1.29 is 4.79 Å². The Morgan fingerprint density at radius 3 is 2.70 bits per heavy atom. The average Bonchev–Trinajstić information content (AvgIpc) is 2.83. The summed E-state index contributed by atoms with van der Waals surface area (Å²) in [7, 11) is 0. The molecule has 0 bridgehead atoms. The first kappa shape index (κ1) is 14.3. The van der Waals surface area contributed by atoms with E-state index in [1.54, 1.807) is 0 Å². The van der Waals surface area contributed by atoms with Crippen LogP contribution in [0.1, 0.15) is 41.1 Å². The molecule has 1 amide bonds. The molecule has 2 aromatic heterocycles. The van der Waals surface area contributed by atoms with Crippen molar-refractivity contribution in [3.05, 3.63) is 22.7 Å². The molecule has 0 saturated carbocycles. The van der Waals surface area contributed by atoms with E-state index in [1.807, 2.05) is 20.8 Å². The van der Waals surface area contributed by atoms with Gasteiger partial charge in [-0.25, -0.2) is 9.97 Å². The van der Waals surface area contributed by atoms with Gasteiger partial charge in [-0.1, -0.05) is 25.2 Å². The van der Waals surface area contributed by atoms with Crippen molar-refractivity contribution in [1.82, 2.24) is 20.2 Å². The summed E-state index contributed by atoms with van der Waals surface area (Å²) in [4.78, 5) is 20.6. The Morgan fingerprint density at radius 2 is 2.15 bits per heavy atom. The van der Waals surface area contributed by atoms with E-state index in [9.17, 15) is 4.79 Å². The smallest absolute Gasteiger partial charge is 0.278 e. The van der Waals surface area contributed by atoms with Crippen LogP contribution in [0, 0.1) is 6.92 Å². The summed E-state index contributed by atoms with van der Waals surface area (Å²) in [6.45, 7) is 5.70. The molecule has 0 unspecified atom stereocenters. The molecule has 2 heterocycles. The van der Waals surface area contributed by atoms with Gasteiger partial charge in [-0.3, -0.25) is 16.0 Å². The van der Waals surface area contributed by atoms with Crippen LogP contribution in [0.2, 0.25) is 0 Å². The van der Waals surface area contributed by atoms with Crippen molar-refractivity contribution in [2.24, 2.45) is 5.84 Å². The highest BCUT2D eigenvalue weighted by molar-refractivity contribution is 7.15. The van der Waals surface area contributed by atoms with Gasteiger partial charge in [0.15, 0.2) is 5.69 Å². The van der Waals surface area contributed by atoms with Crippen molar-refractivity contribution in [2.45, 2.75) is 26.7 Å². The van der Waals surface area contributed by atoms with E-state index in [0.717, 1.165) is 5.01 Å². The molecular weight excluding hydrogens is 278 g/mol. The van der Waals surface area contributed by atoms with Crippen LogP contribution >= 0.6 is 11.3 Å². The number of hydrogen-bond acceptors (Lipinski definition) is 8. The summed E-state index contributed by atoms with van der Waals surface area (Å²) < 4.78 is 0. The molecule has 8 nitrogen and oxygen atoms in total. The molecule has 0 aliphatic heterocycles. The van der Waals surface area contributed by atoms with E-state index in [1.165, 1.54) is 17.5 Å². The number of anilines is 2. The maximum absolute atomic E-state index is 12.2. The maximum Gasteiger partial charge on any atom is 0.278 e. The normalized spacial score (nSPS) is 10.7. The molecule has 0 atom stereocenters. The van der Waals surface area contributed by atoms with Gasteiger partial charge in [-0.05, 0) is 6.92 Å². The van der Waals surface area contributed by atoms with Gasteiger partial charge in [0.1, 0.15) is 10.8 Å². The Kier molecular flexibility index (Phi) is 4.20. The molecule has 4 N–H and O–H groups in total. The van der Waals surface area contributed by atoms with Crippen LogP contribution in [0.25, 0.3) is 0 Å². The number of rotatable bonds is 4. The number of aromatic nitrogens is 4. The molecule has 0 saturated heterocycles. The Hall–Kier alpha value is -2.13. The number of carbonyl (C=O) groups is 1. The summed E-state index contributed by atoms with van der Waals surface area (Å²) in [5.41, 5.74) is 2.95. The number of nitrogens with one attached hydrogen (secondary N) is 2. The standard InChI is InChI=1S/C11H15N7OS/c1-5(2)9-13-4-7(16-12)8(14-9)10(19)15-11-18-17-6(3)20-11/h4-5,16H,12H2,1-3H3,(H,15,18,19). The van der Waals surface area contributed by atoms with Gasteiger partial charge in [0.25, 0.3) is 5.91 Å². The molecule has 0 fully saturated rings. The van der Waals surface area contributed by atoms with E-state index >= 15 is 0 Å². The predicted octanol–water partition coefficient (Wildman–Crippen LogP) is 1.30. The van der Waals surface area contributed by atoms with Crippen LogP contribution < -0.4 is 16.6 Å². The molecule has 2 aromatic rings. The molecule has 0 aliphatic carbocycles. The molecule has 9 heteroatoms. The van der Waals surface area contributed by atoms with Crippen LogP contribution in [0.3, 0.4) is 0 Å². The Morgan fingerprint density at radius 1 is 1.40 bits per heavy atom. The summed E-state index contributed by atoms with van der Waals surface area (Å²) in [6, 6.07) is 0. The van der Waals surface area contributed by atoms with E-state index in [4.69, 9.17) is 5.84 Å². The average molecular weight is 293 g/mol. The number of amides is 1. The minimum atomic E-state index is -0.404. The first-order valence-electron chi connectivity index (χ1n) is 5.96. The fraction of sp³-hybridized carbons (Fsp3) is 0.364. The van der Waals surface area contributed by atoms with E-state index in [-0.39, 0.29) is 11.6 Å². The molecule has 106 valence electrons. The van der Waals surface area contributed by atoms with Gasteiger partial charge in [0.2, 0.25) is 5.13 Å². The highest BCUT2D eigenvalue weighted by Gasteiger charge is 2.17. The number of hydrazine groups is 1. The summed E-state index contributed by atoms with van der Waals surface area (Å²) in [6.07, 6.45) is 1.49. The summed E-state index contributed by atoms with van der Waals surface area (Å²) in [5.74, 6) is 5.65. The Bertz CT molecular complexity index is 625. The third-order valence-electron chi connectivity index (χ3n) is 2.44. The van der Waals surface area contributed by atoms with Crippen LogP contribution in [-0.2, 0) is 0 Å². The largest absolute Gasteiger partial charge is 0.321 e. The lowest BCUT2D eigenvalue weighted by atomic mass is 10.2. The van der Waals surface area contributed by atoms with Crippen molar-refractivity contribution in [2.75, 3.05) is 10.7 Å². The number of nitrogen functional groups attached to an aromatic ring is 1. The second-order valence-electron chi connectivity index (χ2n) is 4.37. The highest BCUT2D eigenvalue weighted by Crippen LogP contribution is 2.19. The number of carbonyl (C=O) groups excluding carboxylic acids is 1. The lowest BCUT2D eigenvalue weighted by molar-refractivity contribution is 0.102. The number of nitrogens with two attached hydrogens (primary N) is 1. The van der Waals surface area contributed by atoms with Gasteiger partial charge in [-0.15, -0.1) is 10.2 Å². The van der Waals surface area contributed by atoms with E-state index < -0.39 is 5.91 Å². The number of aryl methyl sites for hydroxylation is 1. The minimum Gasteiger partial charge on any atom is -0.321 e. The molecule has 0 aromatic carbocycles. The van der Waals surface area contributed by atoms with E-state index in [2.05, 4.69) is 30.9 Å². The van der Waals surface area contributed by atoms with Crippen LogP contribution in [0.5, 0.6) is 0 Å². The topological polar surface area (TPSA) is 119 Å². The maximum atomic E-state index is 12.2. The van der Waals surface area contributed by atoms with Gasteiger partial charge in [0.05, 0.1) is 11.9 Å². The first-order valence-corrected chi connectivity index (χ1v) is 6.78. The zero-order valence-electron chi connectivity index (χ0n) is 11.3. The number of nitrogens with zero attached hydrogens (tertiary/aromatic N) is 4. The molecule has 0 radical (unpaired) electrons. The van der Waals surface area contributed by atoms with Gasteiger partial charge < -0.3 is 5.43 Å². The zero-order chi connectivity index (χ0) is 14.7. The van der Waals surface area contributed by atoms with Crippen LogP contribution in [0.15, 0.2) is 6.20 Å². The Labute approximate surface area is 119 Å². The fourth-order valence-corrected chi connectivity index (χ4v) is 2.04. The molecule has 0 spiro atoms. The quantitative estimate of drug-likeness (QED) is 0.574.